The van der Waals surface area contributed by atoms with Crippen LogP contribution in [0, 0.1) is 5.41 Å². The van der Waals surface area contributed by atoms with Crippen molar-refractivity contribution >= 4 is 11.8 Å². The van der Waals surface area contributed by atoms with Crippen molar-refractivity contribution in [2.45, 2.75) is 19.5 Å². The van der Waals surface area contributed by atoms with Crippen LogP contribution in [0.5, 0.6) is 11.5 Å². The van der Waals surface area contributed by atoms with Gasteiger partial charge in [0.2, 0.25) is 0 Å². The SMILES string of the molecule is COc1cc(OC)c2c(c1)C(=O)C(C(=O)OCc1ccccc1)(C(F)F)C2. The smallest absolute Gasteiger partial charge is 0.326 e. The molecule has 0 aromatic heterocycles. The highest BCUT2D eigenvalue weighted by atomic mass is 19.3. The summed E-state index contributed by atoms with van der Waals surface area (Å²) >= 11 is 0. The first kappa shape index (κ1) is 18.8. The summed E-state index contributed by atoms with van der Waals surface area (Å²) in [5, 5.41) is 0. The average Bonchev–Trinajstić information content (AvgIpc) is 3.00. The predicted molar refractivity (Wildman–Crippen MR) is 92.3 cm³/mol. The monoisotopic (exact) mass is 376 g/mol. The molecule has 0 N–H and O–H groups in total. The highest BCUT2D eigenvalue weighted by Crippen LogP contribution is 2.47. The van der Waals surface area contributed by atoms with E-state index >= 15 is 0 Å². The maximum atomic E-state index is 14.0. The number of carbonyl (C=O) groups excluding carboxylic acids is 2. The minimum Gasteiger partial charge on any atom is -0.497 e. The van der Waals surface area contributed by atoms with Crippen LogP contribution in [0.25, 0.3) is 0 Å². The summed E-state index contributed by atoms with van der Waals surface area (Å²) in [5.41, 5.74) is -1.71. The molecule has 1 atom stereocenters. The Balaban J connectivity index is 1.95. The molecule has 142 valence electrons. The van der Waals surface area contributed by atoms with Crippen molar-refractivity contribution in [3.8, 4) is 11.5 Å². The Bertz CT molecular complexity index is 866. The number of rotatable bonds is 6. The van der Waals surface area contributed by atoms with Gasteiger partial charge in [-0.25, -0.2) is 8.78 Å². The van der Waals surface area contributed by atoms with Crippen LogP contribution in [-0.2, 0) is 22.6 Å². The Labute approximate surface area is 154 Å². The third-order valence-electron chi connectivity index (χ3n) is 4.69. The summed E-state index contributed by atoms with van der Waals surface area (Å²) in [5.74, 6) is -1.73. The fourth-order valence-electron chi connectivity index (χ4n) is 3.19. The van der Waals surface area contributed by atoms with Gasteiger partial charge in [-0.2, -0.15) is 0 Å². The van der Waals surface area contributed by atoms with Gasteiger partial charge >= 0.3 is 5.97 Å². The molecule has 1 unspecified atom stereocenters. The molecule has 0 bridgehead atoms. The van der Waals surface area contributed by atoms with Crippen LogP contribution in [0.2, 0.25) is 0 Å². The van der Waals surface area contributed by atoms with Gasteiger partial charge in [0.15, 0.2) is 11.2 Å². The summed E-state index contributed by atoms with van der Waals surface area (Å²) in [6.07, 6.45) is -3.71. The molecule has 1 aliphatic carbocycles. The molecular weight excluding hydrogens is 358 g/mol. The zero-order chi connectivity index (χ0) is 19.6. The number of alkyl halides is 2. The number of methoxy groups -OCH3 is 2. The Morgan fingerprint density at radius 3 is 2.44 bits per heavy atom. The third kappa shape index (κ3) is 3.13. The Kier molecular flexibility index (Phi) is 5.12. The van der Waals surface area contributed by atoms with Crippen molar-refractivity contribution in [1.29, 1.82) is 0 Å². The van der Waals surface area contributed by atoms with E-state index in [4.69, 9.17) is 14.2 Å². The van der Waals surface area contributed by atoms with Crippen LogP contribution < -0.4 is 9.47 Å². The van der Waals surface area contributed by atoms with Crippen molar-refractivity contribution in [2.75, 3.05) is 14.2 Å². The van der Waals surface area contributed by atoms with E-state index in [0.29, 0.717) is 5.56 Å². The van der Waals surface area contributed by atoms with E-state index in [-0.39, 0.29) is 29.2 Å². The van der Waals surface area contributed by atoms with Crippen LogP contribution in [0.4, 0.5) is 8.78 Å². The molecule has 0 fully saturated rings. The lowest BCUT2D eigenvalue weighted by molar-refractivity contribution is -0.161. The second-order valence-electron chi connectivity index (χ2n) is 6.20. The Morgan fingerprint density at radius 2 is 1.85 bits per heavy atom. The molecule has 1 aliphatic rings. The second kappa shape index (κ2) is 7.34. The van der Waals surface area contributed by atoms with Gasteiger partial charge in [-0.3, -0.25) is 9.59 Å². The minimum absolute atomic E-state index is 0.0110. The highest BCUT2D eigenvalue weighted by molar-refractivity contribution is 6.17. The molecule has 0 aliphatic heterocycles. The maximum Gasteiger partial charge on any atom is 0.326 e. The molecule has 0 saturated heterocycles. The van der Waals surface area contributed by atoms with Crippen molar-refractivity contribution in [1.82, 2.24) is 0 Å². The fraction of sp³-hybridized carbons (Fsp3) is 0.300. The van der Waals surface area contributed by atoms with Crippen molar-refractivity contribution in [3.05, 3.63) is 59.2 Å². The normalized spacial score (nSPS) is 18.3. The third-order valence-corrected chi connectivity index (χ3v) is 4.69. The van der Waals surface area contributed by atoms with Gasteiger partial charge < -0.3 is 14.2 Å². The molecule has 3 rings (SSSR count). The van der Waals surface area contributed by atoms with E-state index in [0.717, 1.165) is 0 Å². The summed E-state index contributed by atoms with van der Waals surface area (Å²) in [4.78, 5) is 25.5. The highest BCUT2D eigenvalue weighted by Gasteiger charge is 2.60. The number of halogens is 2. The van der Waals surface area contributed by atoms with E-state index in [1.165, 1.54) is 26.4 Å². The Morgan fingerprint density at radius 1 is 1.15 bits per heavy atom. The van der Waals surface area contributed by atoms with Gasteiger partial charge in [-0.1, -0.05) is 30.3 Å². The first-order valence-electron chi connectivity index (χ1n) is 8.23. The van der Waals surface area contributed by atoms with Crippen LogP contribution in [0.15, 0.2) is 42.5 Å². The number of carbonyl (C=O) groups is 2. The molecule has 0 spiro atoms. The number of hydrogen-bond donors (Lipinski definition) is 0. The molecule has 27 heavy (non-hydrogen) atoms. The molecule has 7 heteroatoms. The van der Waals surface area contributed by atoms with E-state index in [2.05, 4.69) is 0 Å². The largest absolute Gasteiger partial charge is 0.497 e. The number of benzene rings is 2. The van der Waals surface area contributed by atoms with Crippen LogP contribution >= 0.6 is 0 Å². The molecule has 0 heterocycles. The Hall–Kier alpha value is -2.96. The summed E-state index contributed by atoms with van der Waals surface area (Å²) < 4.78 is 43.4. The minimum atomic E-state index is -3.23. The van der Waals surface area contributed by atoms with Crippen LogP contribution in [0.1, 0.15) is 21.5 Å². The maximum absolute atomic E-state index is 14.0. The number of fused-ring (bicyclic) bond motifs is 1. The predicted octanol–water partition coefficient (Wildman–Crippen LogP) is 3.44. The molecule has 2 aromatic carbocycles. The lowest BCUT2D eigenvalue weighted by atomic mass is 9.84. The van der Waals surface area contributed by atoms with Crippen molar-refractivity contribution in [3.63, 3.8) is 0 Å². The molecule has 0 amide bonds. The fourth-order valence-corrected chi connectivity index (χ4v) is 3.19. The number of esters is 1. The molecule has 0 saturated carbocycles. The lowest BCUT2D eigenvalue weighted by Crippen LogP contribution is -2.45. The number of ether oxygens (including phenoxy) is 3. The zero-order valence-corrected chi connectivity index (χ0v) is 14.8. The van der Waals surface area contributed by atoms with Crippen molar-refractivity contribution < 1.29 is 32.6 Å². The van der Waals surface area contributed by atoms with Gasteiger partial charge in [0.25, 0.3) is 6.43 Å². The first-order chi connectivity index (χ1) is 12.9. The average molecular weight is 376 g/mol. The van der Waals surface area contributed by atoms with Gasteiger partial charge in [0.05, 0.1) is 14.2 Å². The number of ketones is 1. The first-order valence-corrected chi connectivity index (χ1v) is 8.23. The van der Waals surface area contributed by atoms with Crippen molar-refractivity contribution in [2.24, 2.45) is 5.41 Å². The molecule has 0 radical (unpaired) electrons. The number of hydrogen-bond acceptors (Lipinski definition) is 5. The summed E-state index contributed by atoms with van der Waals surface area (Å²) in [7, 11) is 2.74. The van der Waals surface area contributed by atoms with E-state index in [1.807, 2.05) is 0 Å². The lowest BCUT2D eigenvalue weighted by Gasteiger charge is -2.24. The van der Waals surface area contributed by atoms with E-state index in [1.54, 1.807) is 30.3 Å². The molecular formula is C20H18F2O5. The molecule has 2 aromatic rings. The van der Waals surface area contributed by atoms with E-state index in [9.17, 15) is 18.4 Å². The quantitative estimate of drug-likeness (QED) is 0.571. The van der Waals surface area contributed by atoms with Crippen LogP contribution in [-0.4, -0.2) is 32.4 Å². The molecule has 5 nitrogen and oxygen atoms in total. The van der Waals surface area contributed by atoms with E-state index < -0.39 is 30.0 Å². The van der Waals surface area contributed by atoms with Gasteiger partial charge in [0, 0.05) is 23.6 Å². The summed E-state index contributed by atoms with van der Waals surface area (Å²) in [6, 6.07) is 11.5. The van der Waals surface area contributed by atoms with Gasteiger partial charge in [0.1, 0.15) is 18.1 Å². The topological polar surface area (TPSA) is 61.8 Å². The number of Topliss-reactive ketones (excluding diaryl/α,β-unsaturated/α-hetero) is 1. The second-order valence-corrected chi connectivity index (χ2v) is 6.20. The zero-order valence-electron chi connectivity index (χ0n) is 14.8. The van der Waals surface area contributed by atoms with Crippen LogP contribution in [0.3, 0.4) is 0 Å². The van der Waals surface area contributed by atoms with Gasteiger partial charge in [-0.15, -0.1) is 0 Å². The summed E-state index contributed by atoms with van der Waals surface area (Å²) in [6.45, 7) is -0.196. The van der Waals surface area contributed by atoms with Gasteiger partial charge in [-0.05, 0) is 11.6 Å². The standard InChI is InChI=1S/C20H18F2O5/c1-25-13-8-14-15(16(9-13)26-2)10-20(17(14)23,18(21)22)19(24)27-11-12-6-4-3-5-7-12/h3-9,18H,10-11H2,1-2H3.